The number of benzene rings is 3. The van der Waals surface area contributed by atoms with Crippen molar-refractivity contribution < 1.29 is 20.1 Å². The molecule has 5 heteroatoms. The number of fused-ring (bicyclic) bond motifs is 1. The maximum Gasteiger partial charge on any atom is 0.127 e. The maximum atomic E-state index is 9.33. The van der Waals surface area contributed by atoms with Crippen molar-refractivity contribution in [3.63, 3.8) is 0 Å². The lowest BCUT2D eigenvalue weighted by atomic mass is 9.92. The van der Waals surface area contributed by atoms with Crippen molar-refractivity contribution >= 4 is 11.8 Å². The van der Waals surface area contributed by atoms with Gasteiger partial charge in [0.1, 0.15) is 28.8 Å². The van der Waals surface area contributed by atoms with E-state index in [1.165, 1.54) is 5.56 Å². The van der Waals surface area contributed by atoms with E-state index in [1.807, 2.05) is 54.6 Å². The number of hydrogen-bond donors (Lipinski definition) is 3. The molecular formula is C24H20O4S. The molecule has 3 aromatic rings. The van der Waals surface area contributed by atoms with Crippen LogP contribution in [0.2, 0.25) is 0 Å². The minimum absolute atomic E-state index is 0.0000694. The van der Waals surface area contributed by atoms with Crippen LogP contribution in [0.1, 0.15) is 5.56 Å². The van der Waals surface area contributed by atoms with Gasteiger partial charge in [0.05, 0.1) is 10.00 Å². The van der Waals surface area contributed by atoms with Gasteiger partial charge in [0.15, 0.2) is 0 Å². The monoisotopic (exact) mass is 404 g/mol. The molecule has 4 nitrogen and oxygen atoms in total. The van der Waals surface area contributed by atoms with E-state index in [4.69, 9.17) is 9.84 Å². The fourth-order valence-electron chi connectivity index (χ4n) is 3.08. The van der Waals surface area contributed by atoms with Crippen LogP contribution in [0.25, 0.3) is 0 Å². The van der Waals surface area contributed by atoms with Crippen LogP contribution in [0.5, 0.6) is 23.0 Å². The van der Waals surface area contributed by atoms with Gasteiger partial charge in [-0.3, -0.25) is 0 Å². The average Bonchev–Trinajstić information content (AvgIpc) is 3.46. The molecular weight excluding hydrogens is 384 g/mol. The lowest BCUT2D eigenvalue weighted by molar-refractivity contribution is 0.427. The Kier molecular flexibility index (Phi) is 5.23. The molecule has 146 valence electrons. The molecule has 3 N–H and O–H groups in total. The predicted octanol–water partition coefficient (Wildman–Crippen LogP) is 5.90. The van der Waals surface area contributed by atoms with E-state index in [9.17, 15) is 10.2 Å². The van der Waals surface area contributed by atoms with Crippen molar-refractivity contribution in [3.05, 3.63) is 108 Å². The van der Waals surface area contributed by atoms with Crippen LogP contribution in [0.15, 0.2) is 103 Å². The number of hydrogen-bond acceptors (Lipinski definition) is 5. The summed E-state index contributed by atoms with van der Waals surface area (Å²) in [7, 11) is 0. The summed E-state index contributed by atoms with van der Waals surface area (Å²) in [5, 5.41) is 28.0. The third-order valence-electron chi connectivity index (χ3n) is 4.65. The van der Waals surface area contributed by atoms with Gasteiger partial charge in [-0.25, -0.2) is 0 Å². The molecule has 1 fully saturated rings. The highest BCUT2D eigenvalue weighted by Crippen LogP contribution is 2.64. The van der Waals surface area contributed by atoms with Crippen molar-refractivity contribution in [2.75, 3.05) is 0 Å². The largest absolute Gasteiger partial charge is 0.508 e. The average molecular weight is 404 g/mol. The van der Waals surface area contributed by atoms with Gasteiger partial charge in [0.2, 0.25) is 0 Å². The van der Waals surface area contributed by atoms with E-state index < -0.39 is 0 Å². The van der Waals surface area contributed by atoms with Crippen molar-refractivity contribution in [1.82, 2.24) is 0 Å². The second-order valence-corrected chi connectivity index (χ2v) is 8.13. The summed E-state index contributed by atoms with van der Waals surface area (Å²) in [5.41, 5.74) is 1.18. The number of phenolic OH excluding ortho intramolecular Hbond substituents is 2. The van der Waals surface area contributed by atoms with Crippen molar-refractivity contribution in [2.24, 2.45) is 0 Å². The Balaban J connectivity index is 0.000000142. The summed E-state index contributed by atoms with van der Waals surface area (Å²) in [6.45, 7) is 0. The van der Waals surface area contributed by atoms with Crippen LogP contribution in [0, 0.1) is 0 Å². The molecule has 2 atom stereocenters. The summed E-state index contributed by atoms with van der Waals surface area (Å²) < 4.78 is 5.52. The molecule has 5 rings (SSSR count). The standard InChI is InChI=1S/C12H10O2S.C12H10O2/c13-9-3-1-8(2-4-9)12-6-5-10(14)7-11(12)15-12;13-10-6-8-12(9-7-10)14-11-4-2-1-3-5-11/h1-7,11,13-14H;1-9,13H. The van der Waals surface area contributed by atoms with Crippen LogP contribution < -0.4 is 4.74 Å². The second-order valence-electron chi connectivity index (χ2n) is 6.71. The van der Waals surface area contributed by atoms with E-state index in [0.717, 1.165) is 5.75 Å². The van der Waals surface area contributed by atoms with Gasteiger partial charge >= 0.3 is 0 Å². The smallest absolute Gasteiger partial charge is 0.127 e. The second kappa shape index (κ2) is 7.97. The SMILES string of the molecule is OC1=CC2SC2(c2ccc(O)cc2)C=C1.Oc1ccc(Oc2ccccc2)cc1. The molecule has 0 spiro atoms. The Hall–Kier alpha value is -3.31. The van der Waals surface area contributed by atoms with Crippen LogP contribution in [-0.4, -0.2) is 20.6 Å². The van der Waals surface area contributed by atoms with Crippen molar-refractivity contribution in [3.8, 4) is 23.0 Å². The van der Waals surface area contributed by atoms with E-state index in [1.54, 1.807) is 54.2 Å². The molecule has 1 aliphatic heterocycles. The number of phenols is 2. The molecule has 0 radical (unpaired) electrons. The Morgan fingerprint density at radius 2 is 1.31 bits per heavy atom. The zero-order valence-electron chi connectivity index (χ0n) is 15.5. The first-order valence-corrected chi connectivity index (χ1v) is 10.0. The summed E-state index contributed by atoms with van der Waals surface area (Å²) in [6.07, 6.45) is 5.64. The fraction of sp³-hybridized carbons (Fsp3) is 0.0833. The van der Waals surface area contributed by atoms with Gasteiger partial charge in [-0.2, -0.15) is 0 Å². The summed E-state index contributed by atoms with van der Waals surface area (Å²) >= 11 is 1.80. The Bertz CT molecular complexity index is 1030. The molecule has 1 saturated heterocycles. The highest BCUT2D eigenvalue weighted by molar-refractivity contribution is 8.08. The quantitative estimate of drug-likeness (QED) is 0.474. The summed E-state index contributed by atoms with van der Waals surface area (Å²) in [6, 6.07) is 23.4. The topological polar surface area (TPSA) is 69.9 Å². The first-order chi connectivity index (χ1) is 14.0. The number of para-hydroxylation sites is 1. The minimum Gasteiger partial charge on any atom is -0.508 e. The van der Waals surface area contributed by atoms with E-state index >= 15 is 0 Å². The Morgan fingerprint density at radius 3 is 1.93 bits per heavy atom. The van der Waals surface area contributed by atoms with Gasteiger partial charge in [0.25, 0.3) is 0 Å². The number of thioether (sulfide) groups is 1. The first kappa shape index (κ1) is 19.0. The number of allylic oxidation sites excluding steroid dienone is 1. The number of ether oxygens (including phenoxy) is 1. The number of aliphatic hydroxyl groups is 1. The lowest BCUT2D eigenvalue weighted by Gasteiger charge is -2.12. The summed E-state index contributed by atoms with van der Waals surface area (Å²) in [4.78, 5) is 0. The third-order valence-corrected chi connectivity index (χ3v) is 6.17. The molecule has 3 aromatic carbocycles. The van der Waals surface area contributed by atoms with E-state index in [0.29, 0.717) is 16.8 Å². The van der Waals surface area contributed by atoms with E-state index in [2.05, 4.69) is 0 Å². The summed E-state index contributed by atoms with van der Waals surface area (Å²) in [5.74, 6) is 2.38. The molecule has 2 aliphatic rings. The molecule has 1 aliphatic carbocycles. The molecule has 0 saturated carbocycles. The maximum absolute atomic E-state index is 9.33. The highest BCUT2D eigenvalue weighted by Gasteiger charge is 2.55. The molecule has 29 heavy (non-hydrogen) atoms. The fourth-order valence-corrected chi connectivity index (χ4v) is 4.34. The highest BCUT2D eigenvalue weighted by atomic mass is 32.2. The van der Waals surface area contributed by atoms with Gasteiger partial charge < -0.3 is 20.1 Å². The molecule has 0 bridgehead atoms. The molecule has 2 unspecified atom stereocenters. The van der Waals surface area contributed by atoms with Crippen molar-refractivity contribution in [1.29, 1.82) is 0 Å². The van der Waals surface area contributed by atoms with Crippen LogP contribution in [-0.2, 0) is 4.75 Å². The lowest BCUT2D eigenvalue weighted by Crippen LogP contribution is -2.10. The van der Waals surface area contributed by atoms with Crippen LogP contribution in [0.3, 0.4) is 0 Å². The van der Waals surface area contributed by atoms with Crippen LogP contribution in [0.4, 0.5) is 0 Å². The molecule has 1 heterocycles. The third kappa shape index (κ3) is 4.41. The molecule has 0 amide bonds. The van der Waals surface area contributed by atoms with Crippen molar-refractivity contribution in [2.45, 2.75) is 10.00 Å². The number of aliphatic hydroxyl groups excluding tert-OH is 1. The van der Waals surface area contributed by atoms with E-state index in [-0.39, 0.29) is 16.2 Å². The minimum atomic E-state index is -0.0000694. The zero-order valence-corrected chi connectivity index (χ0v) is 16.3. The molecule has 0 aromatic heterocycles. The van der Waals surface area contributed by atoms with Gasteiger partial charge in [-0.15, -0.1) is 11.8 Å². The normalized spacial score (nSPS) is 21.2. The Morgan fingerprint density at radius 1 is 0.724 bits per heavy atom. The Labute approximate surface area is 173 Å². The van der Waals surface area contributed by atoms with Gasteiger partial charge in [-0.05, 0) is 66.2 Å². The van der Waals surface area contributed by atoms with Gasteiger partial charge in [0, 0.05) is 0 Å². The number of aromatic hydroxyl groups is 2. The number of rotatable bonds is 3. The van der Waals surface area contributed by atoms with Crippen LogP contribution >= 0.6 is 11.8 Å². The predicted molar refractivity (Wildman–Crippen MR) is 116 cm³/mol. The zero-order chi connectivity index (χ0) is 20.3. The first-order valence-electron chi connectivity index (χ1n) is 9.14. The van der Waals surface area contributed by atoms with Gasteiger partial charge in [-0.1, -0.05) is 36.4 Å².